The van der Waals surface area contributed by atoms with Gasteiger partial charge in [0.05, 0.1) is 0 Å². The molecule has 2 aromatic carbocycles. The summed E-state index contributed by atoms with van der Waals surface area (Å²) < 4.78 is 0.928. The Hall–Kier alpha value is -1.72. The first-order chi connectivity index (χ1) is 11.0. The third-order valence-electron chi connectivity index (χ3n) is 3.69. The molecule has 0 saturated carbocycles. The van der Waals surface area contributed by atoms with E-state index in [0.717, 1.165) is 16.6 Å². The first-order valence-corrected chi connectivity index (χ1v) is 8.68. The first kappa shape index (κ1) is 17.6. The zero-order valence-electron chi connectivity index (χ0n) is 13.1. The minimum Gasteiger partial charge on any atom is -0.332 e. The Morgan fingerprint density at radius 1 is 1.17 bits per heavy atom. The molecule has 0 spiro atoms. The fraction of sp³-hybridized carbons (Fsp3) is 0.222. The second-order valence-corrected chi connectivity index (χ2v) is 6.64. The van der Waals surface area contributed by atoms with Crippen LogP contribution in [-0.4, -0.2) is 11.0 Å². The molecule has 120 valence electrons. The maximum absolute atomic E-state index is 12.2. The Balaban J connectivity index is 2.05. The van der Waals surface area contributed by atoms with Gasteiger partial charge in [-0.25, -0.2) is 0 Å². The highest BCUT2D eigenvalue weighted by Crippen LogP contribution is 2.26. The van der Waals surface area contributed by atoms with Crippen LogP contribution >= 0.6 is 28.1 Å². The highest BCUT2D eigenvalue weighted by atomic mass is 79.9. The van der Waals surface area contributed by atoms with Gasteiger partial charge >= 0.3 is 0 Å². The summed E-state index contributed by atoms with van der Waals surface area (Å²) in [6, 6.07) is 15.1. The summed E-state index contributed by atoms with van der Waals surface area (Å²) in [7, 11) is 0. The number of rotatable bonds is 4. The fourth-order valence-corrected chi connectivity index (χ4v) is 2.66. The molecule has 0 radical (unpaired) electrons. The molecule has 0 heterocycles. The lowest BCUT2D eigenvalue weighted by atomic mass is 9.97. The lowest BCUT2D eigenvalue weighted by molar-refractivity contribution is 0.0977. The zero-order chi connectivity index (χ0) is 16.8. The van der Waals surface area contributed by atoms with Crippen molar-refractivity contribution in [2.45, 2.75) is 26.2 Å². The van der Waals surface area contributed by atoms with Crippen molar-refractivity contribution in [2.24, 2.45) is 0 Å². The summed E-state index contributed by atoms with van der Waals surface area (Å²) in [6.07, 6.45) is 1.04. The minimum absolute atomic E-state index is 0.226. The van der Waals surface area contributed by atoms with E-state index in [1.54, 1.807) is 12.1 Å². The molecule has 0 saturated heterocycles. The van der Waals surface area contributed by atoms with Crippen molar-refractivity contribution in [3.63, 3.8) is 0 Å². The van der Waals surface area contributed by atoms with Gasteiger partial charge in [-0.2, -0.15) is 0 Å². The molecule has 0 unspecified atom stereocenters. The highest BCUT2D eigenvalue weighted by molar-refractivity contribution is 9.10. The molecule has 0 aromatic heterocycles. The Kier molecular flexibility index (Phi) is 6.30. The van der Waals surface area contributed by atoms with Crippen LogP contribution in [0.1, 0.15) is 42.1 Å². The van der Waals surface area contributed by atoms with Crippen molar-refractivity contribution < 1.29 is 4.79 Å². The molecular formula is C18H19BrN2OS. The number of thiocarbonyl (C=S) groups is 1. The van der Waals surface area contributed by atoms with E-state index < -0.39 is 0 Å². The van der Waals surface area contributed by atoms with Gasteiger partial charge in [0.2, 0.25) is 0 Å². The van der Waals surface area contributed by atoms with Crippen LogP contribution in [0.2, 0.25) is 0 Å². The molecule has 2 aromatic rings. The van der Waals surface area contributed by atoms with E-state index in [1.165, 1.54) is 5.56 Å². The van der Waals surface area contributed by atoms with Crippen LogP contribution < -0.4 is 10.6 Å². The van der Waals surface area contributed by atoms with Crippen molar-refractivity contribution in [3.05, 3.63) is 64.1 Å². The molecule has 0 bridgehead atoms. The van der Waals surface area contributed by atoms with Gasteiger partial charge in [0.15, 0.2) is 5.11 Å². The van der Waals surface area contributed by atoms with Crippen LogP contribution in [0, 0.1) is 0 Å². The van der Waals surface area contributed by atoms with Gasteiger partial charge in [-0.3, -0.25) is 10.1 Å². The number of carbonyl (C=O) groups excluding carboxylic acids is 1. The molecule has 1 atom stereocenters. The van der Waals surface area contributed by atoms with Crippen LogP contribution in [0.15, 0.2) is 53.0 Å². The average molecular weight is 391 g/mol. The molecule has 2 rings (SSSR count). The third kappa shape index (κ3) is 4.88. The number of benzene rings is 2. The van der Waals surface area contributed by atoms with Gasteiger partial charge in [-0.05, 0) is 60.5 Å². The Labute approximate surface area is 150 Å². The van der Waals surface area contributed by atoms with Crippen molar-refractivity contribution in [3.8, 4) is 0 Å². The van der Waals surface area contributed by atoms with Gasteiger partial charge in [-0.1, -0.05) is 48.0 Å². The lowest BCUT2D eigenvalue weighted by Gasteiger charge is -2.17. The standard InChI is InChI=1S/C18H19BrN2OS/c1-3-12(2)15-6-4-5-7-16(15)20-18(23)21-17(22)13-8-10-14(19)11-9-13/h4-12H,3H2,1-2H3,(H2,20,21,22,23)/t12-/m1/s1. The number of para-hydroxylation sites is 1. The molecule has 0 aliphatic heterocycles. The number of anilines is 1. The number of hydrogen-bond acceptors (Lipinski definition) is 2. The Morgan fingerprint density at radius 2 is 1.83 bits per heavy atom. The van der Waals surface area contributed by atoms with Gasteiger partial charge < -0.3 is 5.32 Å². The minimum atomic E-state index is -0.226. The summed E-state index contributed by atoms with van der Waals surface area (Å²) in [5.41, 5.74) is 2.69. The summed E-state index contributed by atoms with van der Waals surface area (Å²) >= 11 is 8.62. The monoisotopic (exact) mass is 390 g/mol. The zero-order valence-corrected chi connectivity index (χ0v) is 15.5. The van der Waals surface area contributed by atoms with E-state index in [1.807, 2.05) is 30.3 Å². The first-order valence-electron chi connectivity index (χ1n) is 7.48. The van der Waals surface area contributed by atoms with Crippen molar-refractivity contribution in [1.29, 1.82) is 0 Å². The predicted octanol–water partition coefficient (Wildman–Crippen LogP) is 5.09. The van der Waals surface area contributed by atoms with Gasteiger partial charge in [0.25, 0.3) is 5.91 Å². The number of halogens is 1. The molecule has 2 N–H and O–H groups in total. The van der Waals surface area contributed by atoms with Crippen molar-refractivity contribution in [1.82, 2.24) is 5.32 Å². The summed E-state index contributed by atoms with van der Waals surface area (Å²) in [6.45, 7) is 4.32. The molecular weight excluding hydrogens is 372 g/mol. The quantitative estimate of drug-likeness (QED) is 0.714. The van der Waals surface area contributed by atoms with Crippen LogP contribution in [0.4, 0.5) is 5.69 Å². The summed E-state index contributed by atoms with van der Waals surface area (Å²) in [4.78, 5) is 12.2. The molecule has 0 aliphatic carbocycles. The maximum atomic E-state index is 12.2. The van der Waals surface area contributed by atoms with Gasteiger partial charge in [0, 0.05) is 15.7 Å². The van der Waals surface area contributed by atoms with Crippen LogP contribution in [-0.2, 0) is 0 Å². The molecule has 1 amide bonds. The fourth-order valence-electron chi connectivity index (χ4n) is 2.19. The van der Waals surface area contributed by atoms with E-state index in [4.69, 9.17) is 12.2 Å². The topological polar surface area (TPSA) is 41.1 Å². The van der Waals surface area contributed by atoms with Crippen LogP contribution in [0.5, 0.6) is 0 Å². The second kappa shape index (κ2) is 8.22. The number of amides is 1. The Morgan fingerprint density at radius 3 is 2.48 bits per heavy atom. The van der Waals surface area contributed by atoms with Gasteiger partial charge in [0.1, 0.15) is 0 Å². The average Bonchev–Trinajstić information content (AvgIpc) is 2.55. The van der Waals surface area contributed by atoms with E-state index in [2.05, 4.69) is 46.5 Å². The highest BCUT2D eigenvalue weighted by Gasteiger charge is 2.11. The van der Waals surface area contributed by atoms with Gasteiger partial charge in [-0.15, -0.1) is 0 Å². The largest absolute Gasteiger partial charge is 0.332 e. The van der Waals surface area contributed by atoms with E-state index in [0.29, 0.717) is 16.6 Å². The molecule has 3 nitrogen and oxygen atoms in total. The van der Waals surface area contributed by atoms with E-state index >= 15 is 0 Å². The number of carbonyl (C=O) groups is 1. The Bertz CT molecular complexity index is 700. The maximum Gasteiger partial charge on any atom is 0.257 e. The summed E-state index contributed by atoms with van der Waals surface area (Å²) in [5, 5.41) is 6.14. The van der Waals surface area contributed by atoms with Crippen LogP contribution in [0.3, 0.4) is 0 Å². The van der Waals surface area contributed by atoms with Crippen molar-refractivity contribution >= 4 is 44.9 Å². The van der Waals surface area contributed by atoms with Crippen molar-refractivity contribution in [2.75, 3.05) is 5.32 Å². The van der Waals surface area contributed by atoms with Crippen LogP contribution in [0.25, 0.3) is 0 Å². The van der Waals surface area contributed by atoms with E-state index in [9.17, 15) is 4.79 Å². The third-order valence-corrected chi connectivity index (χ3v) is 4.42. The normalized spacial score (nSPS) is 11.6. The number of nitrogens with one attached hydrogen (secondary N) is 2. The second-order valence-electron chi connectivity index (χ2n) is 5.31. The smallest absolute Gasteiger partial charge is 0.257 e. The molecule has 5 heteroatoms. The molecule has 23 heavy (non-hydrogen) atoms. The lowest BCUT2D eigenvalue weighted by Crippen LogP contribution is -2.34. The summed E-state index contributed by atoms with van der Waals surface area (Å²) in [5.74, 6) is 0.194. The molecule has 0 aliphatic rings. The SMILES string of the molecule is CC[C@@H](C)c1ccccc1NC(=S)NC(=O)c1ccc(Br)cc1. The molecule has 0 fully saturated rings. The number of hydrogen-bond donors (Lipinski definition) is 2. The van der Waals surface area contributed by atoms with E-state index in [-0.39, 0.29) is 5.91 Å². The predicted molar refractivity (Wildman–Crippen MR) is 103 cm³/mol.